The Bertz CT molecular complexity index is 746. The first-order valence-corrected chi connectivity index (χ1v) is 7.31. The molecule has 0 amide bonds. The van der Waals surface area contributed by atoms with Gasteiger partial charge in [-0.15, -0.1) is 0 Å². The normalized spacial score (nSPS) is 11.7. The average Bonchev–Trinajstić information content (AvgIpc) is 2.45. The zero-order valence-electron chi connectivity index (χ0n) is 10.4. The first-order valence-electron chi connectivity index (χ1n) is 5.81. The summed E-state index contributed by atoms with van der Waals surface area (Å²) in [6.45, 7) is 0. The number of carbonyl (C=O) groups excluding carboxylic acids is 1. The predicted octanol–water partition coefficient (Wildman–Crippen LogP) is 2.78. The molecule has 0 fully saturated rings. The molecule has 102 valence electrons. The van der Waals surface area contributed by atoms with Gasteiger partial charge in [0.15, 0.2) is 5.78 Å². The van der Waals surface area contributed by atoms with Crippen molar-refractivity contribution < 1.29 is 17.8 Å². The maximum Gasteiger partial charge on any atom is 0.287 e. The third-order valence-corrected chi connectivity index (χ3v) is 3.10. The van der Waals surface area contributed by atoms with Gasteiger partial charge in [0, 0.05) is 11.1 Å². The van der Waals surface area contributed by atoms with Gasteiger partial charge in [0.05, 0.1) is 5.41 Å². The van der Waals surface area contributed by atoms with E-state index in [0.29, 0.717) is 22.1 Å². The number of rotatable bonds is 4. The average molecular weight is 288 g/mol. The van der Waals surface area contributed by atoms with E-state index in [-0.39, 0.29) is 5.78 Å². The Labute approximate surface area is 117 Å². The van der Waals surface area contributed by atoms with Crippen LogP contribution in [0.5, 0.6) is 0 Å². The van der Waals surface area contributed by atoms with Crippen LogP contribution in [0.4, 0.5) is 0 Å². The minimum absolute atomic E-state index is 0.146. The van der Waals surface area contributed by atoms with Crippen LogP contribution in [0.25, 0.3) is 6.08 Å². The lowest BCUT2D eigenvalue weighted by molar-refractivity contribution is 0.103. The molecule has 0 saturated carbocycles. The number of benzene rings is 2. The Morgan fingerprint density at radius 1 is 0.950 bits per heavy atom. The van der Waals surface area contributed by atoms with Crippen molar-refractivity contribution in [2.45, 2.75) is 0 Å². The molecule has 1 N–H and O–H groups in total. The van der Waals surface area contributed by atoms with Gasteiger partial charge >= 0.3 is 0 Å². The van der Waals surface area contributed by atoms with Crippen LogP contribution >= 0.6 is 0 Å². The third-order valence-electron chi connectivity index (χ3n) is 2.62. The smallest absolute Gasteiger partial charge is 0.287 e. The van der Waals surface area contributed by atoms with Crippen molar-refractivity contribution >= 4 is 22.0 Å². The Morgan fingerprint density at radius 3 is 2.25 bits per heavy atom. The van der Waals surface area contributed by atoms with Crippen LogP contribution in [0.2, 0.25) is 0 Å². The fourth-order valence-electron chi connectivity index (χ4n) is 1.70. The summed E-state index contributed by atoms with van der Waals surface area (Å²) in [4.78, 5) is 12.2. The molecule has 20 heavy (non-hydrogen) atoms. The minimum Gasteiger partial charge on any atom is -0.289 e. The molecule has 0 radical (unpaired) electrons. The Kier molecular flexibility index (Phi) is 4.12. The van der Waals surface area contributed by atoms with E-state index in [9.17, 15) is 13.2 Å². The summed E-state index contributed by atoms with van der Waals surface area (Å²) in [7, 11) is -4.17. The largest absolute Gasteiger partial charge is 0.289 e. The van der Waals surface area contributed by atoms with Crippen molar-refractivity contribution in [3.8, 4) is 0 Å². The number of hydrogen-bond acceptors (Lipinski definition) is 3. The SMILES string of the molecule is O=C(c1ccccc1)c1cccc(/C=C/S(=O)(=O)O)c1. The van der Waals surface area contributed by atoms with E-state index in [1.807, 2.05) is 6.07 Å². The molecule has 2 rings (SSSR count). The second-order valence-electron chi connectivity index (χ2n) is 4.14. The highest BCUT2D eigenvalue weighted by Crippen LogP contribution is 2.13. The Hall–Kier alpha value is -2.24. The van der Waals surface area contributed by atoms with Crippen molar-refractivity contribution in [3.05, 3.63) is 76.7 Å². The van der Waals surface area contributed by atoms with Gasteiger partial charge in [-0.3, -0.25) is 9.35 Å². The summed E-state index contributed by atoms with van der Waals surface area (Å²) in [6, 6.07) is 15.3. The van der Waals surface area contributed by atoms with Crippen molar-refractivity contribution in [2.75, 3.05) is 0 Å². The van der Waals surface area contributed by atoms with Crippen LogP contribution < -0.4 is 0 Å². The Morgan fingerprint density at radius 2 is 1.60 bits per heavy atom. The van der Waals surface area contributed by atoms with Gasteiger partial charge in [0.25, 0.3) is 10.1 Å². The molecule has 0 aromatic heterocycles. The molecule has 5 heteroatoms. The summed E-state index contributed by atoms with van der Waals surface area (Å²) in [5, 5.41) is 0.680. The van der Waals surface area contributed by atoms with E-state index >= 15 is 0 Å². The van der Waals surface area contributed by atoms with Gasteiger partial charge in [0.2, 0.25) is 0 Å². The lowest BCUT2D eigenvalue weighted by Crippen LogP contribution is -2.00. The Balaban J connectivity index is 2.31. The van der Waals surface area contributed by atoms with Gasteiger partial charge < -0.3 is 0 Å². The monoisotopic (exact) mass is 288 g/mol. The molecule has 0 bridgehead atoms. The lowest BCUT2D eigenvalue weighted by Gasteiger charge is -2.02. The first-order chi connectivity index (χ1) is 9.46. The second kappa shape index (κ2) is 5.81. The molecule has 0 saturated heterocycles. The summed E-state index contributed by atoms with van der Waals surface area (Å²) < 4.78 is 29.9. The molecular weight excluding hydrogens is 276 g/mol. The van der Waals surface area contributed by atoms with Gasteiger partial charge in [-0.05, 0) is 17.7 Å². The standard InChI is InChI=1S/C15H12O4S/c16-15(13-6-2-1-3-7-13)14-8-4-5-12(11-14)9-10-20(17,18)19/h1-11H,(H,17,18,19)/b10-9+. The van der Waals surface area contributed by atoms with E-state index in [2.05, 4.69) is 0 Å². The number of hydrogen-bond donors (Lipinski definition) is 1. The van der Waals surface area contributed by atoms with Gasteiger partial charge in [-0.1, -0.05) is 48.5 Å². The van der Waals surface area contributed by atoms with E-state index < -0.39 is 10.1 Å². The van der Waals surface area contributed by atoms with Crippen LogP contribution in [-0.2, 0) is 10.1 Å². The second-order valence-corrected chi connectivity index (χ2v) is 5.44. The first kappa shape index (κ1) is 14.2. The molecule has 0 heterocycles. The number of carbonyl (C=O) groups is 1. The van der Waals surface area contributed by atoms with E-state index in [0.717, 1.165) is 0 Å². The quantitative estimate of drug-likeness (QED) is 0.693. The zero-order valence-corrected chi connectivity index (χ0v) is 11.2. The fraction of sp³-hybridized carbons (Fsp3) is 0. The van der Waals surface area contributed by atoms with Gasteiger partial charge in [-0.25, -0.2) is 0 Å². The van der Waals surface area contributed by atoms with Gasteiger partial charge in [0.1, 0.15) is 0 Å². The lowest BCUT2D eigenvalue weighted by atomic mass is 10.0. The third kappa shape index (κ3) is 3.88. The van der Waals surface area contributed by atoms with Crippen molar-refractivity contribution in [3.63, 3.8) is 0 Å². The van der Waals surface area contributed by atoms with Gasteiger partial charge in [-0.2, -0.15) is 8.42 Å². The molecule has 2 aromatic rings. The molecular formula is C15H12O4S. The maximum atomic E-state index is 12.2. The number of ketones is 1. The molecule has 0 aliphatic rings. The molecule has 0 spiro atoms. The molecule has 0 atom stereocenters. The molecule has 2 aromatic carbocycles. The molecule has 4 nitrogen and oxygen atoms in total. The molecule has 0 aliphatic carbocycles. The van der Waals surface area contributed by atoms with Crippen LogP contribution in [0.15, 0.2) is 60.0 Å². The van der Waals surface area contributed by atoms with Crippen LogP contribution in [0.3, 0.4) is 0 Å². The summed E-state index contributed by atoms with van der Waals surface area (Å²) in [5.74, 6) is -0.146. The maximum absolute atomic E-state index is 12.2. The van der Waals surface area contributed by atoms with Crippen LogP contribution in [0.1, 0.15) is 21.5 Å². The highest BCUT2D eigenvalue weighted by atomic mass is 32.2. The minimum atomic E-state index is -4.17. The van der Waals surface area contributed by atoms with E-state index in [1.165, 1.54) is 6.08 Å². The molecule has 0 unspecified atom stereocenters. The highest BCUT2D eigenvalue weighted by Gasteiger charge is 2.08. The summed E-state index contributed by atoms with van der Waals surface area (Å²) in [6.07, 6.45) is 1.23. The van der Waals surface area contributed by atoms with Crippen molar-refractivity contribution in [1.82, 2.24) is 0 Å². The topological polar surface area (TPSA) is 71.4 Å². The van der Waals surface area contributed by atoms with E-state index in [1.54, 1.807) is 48.5 Å². The van der Waals surface area contributed by atoms with Crippen LogP contribution in [0, 0.1) is 0 Å². The fourth-order valence-corrected chi connectivity index (χ4v) is 2.03. The van der Waals surface area contributed by atoms with Crippen molar-refractivity contribution in [1.29, 1.82) is 0 Å². The van der Waals surface area contributed by atoms with Crippen molar-refractivity contribution in [2.24, 2.45) is 0 Å². The molecule has 0 aliphatic heterocycles. The summed E-state index contributed by atoms with van der Waals surface area (Å²) >= 11 is 0. The predicted molar refractivity (Wildman–Crippen MR) is 76.9 cm³/mol. The highest BCUT2D eigenvalue weighted by molar-refractivity contribution is 7.88. The van der Waals surface area contributed by atoms with Crippen LogP contribution in [-0.4, -0.2) is 18.8 Å². The zero-order chi connectivity index (χ0) is 14.6. The van der Waals surface area contributed by atoms with E-state index in [4.69, 9.17) is 4.55 Å². The summed E-state index contributed by atoms with van der Waals surface area (Å²) in [5.41, 5.74) is 1.53.